The van der Waals surface area contributed by atoms with Crippen molar-refractivity contribution in [3.63, 3.8) is 0 Å². The van der Waals surface area contributed by atoms with E-state index in [2.05, 4.69) is 54.7 Å². The Bertz CT molecular complexity index is 487. The molecular formula is C19H30. The van der Waals surface area contributed by atoms with Gasteiger partial charge >= 0.3 is 0 Å². The maximum atomic E-state index is 4.21. The molecule has 0 heterocycles. The van der Waals surface area contributed by atoms with Crippen molar-refractivity contribution in [3.05, 3.63) is 46.5 Å². The summed E-state index contributed by atoms with van der Waals surface area (Å²) in [6.45, 7) is 25.4. The molecule has 1 aromatic carbocycles. The summed E-state index contributed by atoms with van der Waals surface area (Å²) in [7, 11) is 0. The Kier molecular flexibility index (Phi) is 6.83. The van der Waals surface area contributed by atoms with Crippen molar-refractivity contribution in [1.29, 1.82) is 0 Å². The van der Waals surface area contributed by atoms with Crippen molar-refractivity contribution in [2.75, 3.05) is 0 Å². The zero-order valence-electron chi connectivity index (χ0n) is 14.1. The van der Waals surface area contributed by atoms with Crippen LogP contribution < -0.4 is 0 Å². The van der Waals surface area contributed by atoms with E-state index in [1.54, 1.807) is 0 Å². The van der Waals surface area contributed by atoms with Crippen LogP contribution in [-0.4, -0.2) is 0 Å². The van der Waals surface area contributed by atoms with E-state index in [-0.39, 0.29) is 0 Å². The first-order valence-corrected chi connectivity index (χ1v) is 7.27. The predicted octanol–water partition coefficient (Wildman–Crippen LogP) is 6.40. The van der Waals surface area contributed by atoms with Gasteiger partial charge in [-0.1, -0.05) is 39.5 Å². The zero-order chi connectivity index (χ0) is 15.3. The van der Waals surface area contributed by atoms with Crippen molar-refractivity contribution in [2.45, 2.75) is 61.8 Å². The highest BCUT2D eigenvalue weighted by molar-refractivity contribution is 5.79. The van der Waals surface area contributed by atoms with Crippen LogP contribution in [0.2, 0.25) is 0 Å². The predicted molar refractivity (Wildman–Crippen MR) is 90.8 cm³/mol. The average molecular weight is 258 g/mol. The summed E-state index contributed by atoms with van der Waals surface area (Å²) >= 11 is 0. The molecule has 19 heavy (non-hydrogen) atoms. The van der Waals surface area contributed by atoms with Crippen LogP contribution in [0.5, 0.6) is 0 Å². The van der Waals surface area contributed by atoms with Crippen molar-refractivity contribution in [1.82, 2.24) is 0 Å². The van der Waals surface area contributed by atoms with Crippen LogP contribution in [0.25, 0.3) is 11.1 Å². The molecule has 1 rings (SSSR count). The number of hydrogen-bond donors (Lipinski definition) is 0. The molecule has 0 amide bonds. The molecule has 0 fully saturated rings. The first-order valence-electron chi connectivity index (χ1n) is 7.27. The summed E-state index contributed by atoms with van der Waals surface area (Å²) in [6.07, 6.45) is 1.000. The van der Waals surface area contributed by atoms with E-state index in [0.717, 1.165) is 12.0 Å². The van der Waals surface area contributed by atoms with Crippen molar-refractivity contribution in [3.8, 4) is 0 Å². The Morgan fingerprint density at radius 2 is 1.21 bits per heavy atom. The summed E-state index contributed by atoms with van der Waals surface area (Å²) < 4.78 is 0. The van der Waals surface area contributed by atoms with E-state index in [1.807, 2.05) is 13.8 Å². The van der Waals surface area contributed by atoms with Gasteiger partial charge in [0, 0.05) is 0 Å². The lowest BCUT2D eigenvalue weighted by Gasteiger charge is -2.21. The Hall–Kier alpha value is -1.30. The second kappa shape index (κ2) is 7.33. The second-order valence-electron chi connectivity index (χ2n) is 4.99. The van der Waals surface area contributed by atoms with E-state index >= 15 is 0 Å². The highest BCUT2D eigenvalue weighted by atomic mass is 14.2. The highest BCUT2D eigenvalue weighted by Gasteiger charge is 2.16. The third-order valence-electron chi connectivity index (χ3n) is 3.83. The fraction of sp³-hybridized carbons (Fsp3) is 0.474. The van der Waals surface area contributed by atoms with Crippen LogP contribution >= 0.6 is 0 Å². The molecule has 0 aliphatic carbocycles. The van der Waals surface area contributed by atoms with Gasteiger partial charge in [-0.15, -0.1) is 0 Å². The summed E-state index contributed by atoms with van der Waals surface area (Å²) in [6, 6.07) is 0. The molecule has 0 saturated heterocycles. The molecule has 0 spiro atoms. The molecule has 0 bridgehead atoms. The lowest BCUT2D eigenvalue weighted by molar-refractivity contribution is 1.16. The molecule has 0 atom stereocenters. The standard InChI is InChI=1S/C17H24.C2H6/c1-9-11(4)17-14(7)12(5)13(6)16(10(2)3)15(17)8;1-2/h2,4,9H2,1,3,5-8H3;1-2H3. The zero-order valence-corrected chi connectivity index (χ0v) is 14.1. The number of rotatable bonds is 3. The minimum Gasteiger partial charge on any atom is -0.0955 e. The van der Waals surface area contributed by atoms with Gasteiger partial charge in [0.2, 0.25) is 0 Å². The molecule has 0 saturated carbocycles. The van der Waals surface area contributed by atoms with E-state index in [1.165, 1.54) is 39.0 Å². The van der Waals surface area contributed by atoms with Gasteiger partial charge in [-0.3, -0.25) is 0 Å². The summed E-state index contributed by atoms with van der Waals surface area (Å²) in [5, 5.41) is 0. The second-order valence-corrected chi connectivity index (χ2v) is 4.99. The van der Waals surface area contributed by atoms with Gasteiger partial charge in [0.25, 0.3) is 0 Å². The summed E-state index contributed by atoms with van der Waals surface area (Å²) in [4.78, 5) is 0. The van der Waals surface area contributed by atoms with Gasteiger partial charge in [-0.05, 0) is 80.0 Å². The maximum Gasteiger partial charge on any atom is -0.0163 e. The molecule has 0 heteroatoms. The topological polar surface area (TPSA) is 0 Å². The first-order chi connectivity index (χ1) is 8.82. The average Bonchev–Trinajstić information content (AvgIpc) is 2.38. The molecule has 106 valence electrons. The van der Waals surface area contributed by atoms with E-state index in [4.69, 9.17) is 0 Å². The fourth-order valence-electron chi connectivity index (χ4n) is 2.69. The van der Waals surface area contributed by atoms with Gasteiger partial charge in [-0.25, -0.2) is 0 Å². The monoisotopic (exact) mass is 258 g/mol. The Morgan fingerprint density at radius 1 is 0.789 bits per heavy atom. The van der Waals surface area contributed by atoms with Crippen LogP contribution in [0, 0.1) is 27.7 Å². The Balaban J connectivity index is 0.00000154. The minimum atomic E-state index is 1.000. The SMILES string of the molecule is C=C(C)c1c(C)c(C)c(C)c(C(=C)CC)c1C.CC. The fourth-order valence-corrected chi connectivity index (χ4v) is 2.69. The molecule has 0 N–H and O–H groups in total. The smallest absolute Gasteiger partial charge is 0.0163 e. The Labute approximate surface area is 120 Å². The number of allylic oxidation sites excluding steroid dienone is 2. The number of benzene rings is 1. The van der Waals surface area contributed by atoms with Crippen molar-refractivity contribution >= 4 is 11.1 Å². The van der Waals surface area contributed by atoms with Gasteiger partial charge in [-0.2, -0.15) is 0 Å². The van der Waals surface area contributed by atoms with E-state index in [9.17, 15) is 0 Å². The first kappa shape index (κ1) is 17.7. The Morgan fingerprint density at radius 3 is 1.58 bits per heavy atom. The van der Waals surface area contributed by atoms with Crippen LogP contribution in [0.3, 0.4) is 0 Å². The van der Waals surface area contributed by atoms with Crippen molar-refractivity contribution in [2.24, 2.45) is 0 Å². The quantitative estimate of drug-likeness (QED) is 0.588. The molecule has 0 aliphatic rings. The highest BCUT2D eigenvalue weighted by Crippen LogP contribution is 2.34. The molecular weight excluding hydrogens is 228 g/mol. The van der Waals surface area contributed by atoms with E-state index in [0.29, 0.717) is 0 Å². The molecule has 0 radical (unpaired) electrons. The van der Waals surface area contributed by atoms with E-state index < -0.39 is 0 Å². The van der Waals surface area contributed by atoms with Gasteiger partial charge in [0.05, 0.1) is 0 Å². The third-order valence-corrected chi connectivity index (χ3v) is 3.83. The van der Waals surface area contributed by atoms with Gasteiger partial charge in [0.15, 0.2) is 0 Å². The van der Waals surface area contributed by atoms with Crippen LogP contribution in [-0.2, 0) is 0 Å². The lowest BCUT2D eigenvalue weighted by atomic mass is 9.83. The lowest BCUT2D eigenvalue weighted by Crippen LogP contribution is -2.03. The summed E-state index contributed by atoms with van der Waals surface area (Å²) in [5.74, 6) is 0. The minimum absolute atomic E-state index is 1.000. The molecule has 0 aliphatic heterocycles. The molecule has 0 aromatic heterocycles. The largest absolute Gasteiger partial charge is 0.0955 e. The molecule has 0 unspecified atom stereocenters. The van der Waals surface area contributed by atoms with Crippen LogP contribution in [0.15, 0.2) is 13.2 Å². The maximum absolute atomic E-state index is 4.21. The summed E-state index contributed by atoms with van der Waals surface area (Å²) in [5.41, 5.74) is 10.5. The third kappa shape index (κ3) is 3.37. The normalized spacial score (nSPS) is 9.68. The van der Waals surface area contributed by atoms with Gasteiger partial charge < -0.3 is 0 Å². The van der Waals surface area contributed by atoms with Gasteiger partial charge in [0.1, 0.15) is 0 Å². The van der Waals surface area contributed by atoms with Crippen LogP contribution in [0.4, 0.5) is 0 Å². The number of hydrogen-bond acceptors (Lipinski definition) is 0. The molecule has 1 aromatic rings. The van der Waals surface area contributed by atoms with Crippen molar-refractivity contribution < 1.29 is 0 Å². The molecule has 0 nitrogen and oxygen atoms in total. The van der Waals surface area contributed by atoms with Crippen LogP contribution in [0.1, 0.15) is 67.5 Å².